The van der Waals surface area contributed by atoms with Gasteiger partial charge in [0.05, 0.1) is 0 Å². The SMILES string of the molecule is C.CCc1ccc2c(c1)C(C)(C)c1cc(C)c(-c3cccc[n+]3C)cc1-2.CCc1cccc2c1-c1cc(-c3cccc[n+]3C)c(C)cc1C2(C)C.CCc1cccc2c1C(C)(C)c1cc(C)c(-c3cccc[n+]3C)cc1-2.Cc1ccc2c(c1)-c1cc(-c3cccc[n+]3C)c(C)cc1C2(C)C. The van der Waals surface area contributed by atoms with Crippen molar-refractivity contribution in [2.75, 3.05) is 0 Å². The van der Waals surface area contributed by atoms with Gasteiger partial charge in [-0.15, -0.1) is 0 Å². The fraction of sp³-hybridized carbons (Fsp3) is 0.292. The molecule has 16 rings (SSSR count). The van der Waals surface area contributed by atoms with Crippen molar-refractivity contribution in [3.63, 3.8) is 0 Å². The van der Waals surface area contributed by atoms with Crippen LogP contribution in [0, 0.1) is 34.6 Å². The molecule has 506 valence electrons. The first-order chi connectivity index (χ1) is 47.2. The number of pyridine rings is 4. The summed E-state index contributed by atoms with van der Waals surface area (Å²) in [5.74, 6) is 0. The second kappa shape index (κ2) is 26.8. The molecule has 0 atom stereocenters. The number of fused-ring (bicyclic) bond motifs is 12. The van der Waals surface area contributed by atoms with E-state index in [0.717, 1.165) is 19.3 Å². The largest absolute Gasteiger partial charge is 0.212 e. The van der Waals surface area contributed by atoms with Gasteiger partial charge < -0.3 is 0 Å². The van der Waals surface area contributed by atoms with E-state index < -0.39 is 0 Å². The van der Waals surface area contributed by atoms with Crippen LogP contribution >= 0.6 is 0 Å². The van der Waals surface area contributed by atoms with Crippen molar-refractivity contribution >= 4 is 0 Å². The van der Waals surface area contributed by atoms with Gasteiger partial charge in [0.2, 0.25) is 22.8 Å². The molecular weight excluding hydrogens is 1210 g/mol. The Kier molecular flexibility index (Phi) is 18.8. The van der Waals surface area contributed by atoms with Crippen molar-refractivity contribution in [2.24, 2.45) is 28.2 Å². The van der Waals surface area contributed by atoms with Crippen LogP contribution in [0.2, 0.25) is 0 Å². The molecule has 4 aromatic heterocycles. The van der Waals surface area contributed by atoms with E-state index in [4.69, 9.17) is 0 Å². The van der Waals surface area contributed by atoms with Crippen molar-refractivity contribution in [3.8, 4) is 89.5 Å². The van der Waals surface area contributed by atoms with E-state index in [0.29, 0.717) is 0 Å². The fourth-order valence-corrected chi connectivity index (χ4v) is 17.2. The Morgan fingerprint density at radius 2 is 0.640 bits per heavy atom. The predicted octanol–water partition coefficient (Wildman–Crippen LogP) is 21.8. The summed E-state index contributed by atoms with van der Waals surface area (Å²) in [6.07, 6.45) is 11.7. The van der Waals surface area contributed by atoms with Crippen molar-refractivity contribution in [2.45, 2.75) is 159 Å². The van der Waals surface area contributed by atoms with Crippen LogP contribution in [0.1, 0.15) is 173 Å². The molecule has 4 aliphatic rings. The minimum absolute atomic E-state index is 0. The third kappa shape index (κ3) is 11.9. The van der Waals surface area contributed by atoms with E-state index in [-0.39, 0.29) is 29.1 Å². The van der Waals surface area contributed by atoms with Crippen LogP contribution in [0.3, 0.4) is 0 Å². The first-order valence-electron chi connectivity index (χ1n) is 36.1. The molecular formula is C96H106N4+4. The van der Waals surface area contributed by atoms with Gasteiger partial charge >= 0.3 is 0 Å². The highest BCUT2D eigenvalue weighted by Gasteiger charge is 2.41. The van der Waals surface area contributed by atoms with Gasteiger partial charge in [0.25, 0.3) is 0 Å². The third-order valence-corrected chi connectivity index (χ3v) is 23.0. The normalized spacial score (nSPS) is 14.2. The van der Waals surface area contributed by atoms with Gasteiger partial charge in [-0.25, -0.2) is 18.3 Å². The van der Waals surface area contributed by atoms with Crippen molar-refractivity contribution in [1.29, 1.82) is 0 Å². The number of aryl methyl sites for hydroxylation is 12. The van der Waals surface area contributed by atoms with Gasteiger partial charge in [0.1, 0.15) is 28.2 Å². The Bertz CT molecular complexity index is 5190. The van der Waals surface area contributed by atoms with E-state index >= 15 is 0 Å². The first kappa shape index (κ1) is 70.2. The number of hydrogen-bond acceptors (Lipinski definition) is 0. The molecule has 0 spiro atoms. The predicted molar refractivity (Wildman–Crippen MR) is 421 cm³/mol. The summed E-state index contributed by atoms with van der Waals surface area (Å²) < 4.78 is 8.82. The molecule has 0 amide bonds. The van der Waals surface area contributed by atoms with E-state index in [9.17, 15) is 0 Å². The maximum atomic E-state index is 2.42. The lowest BCUT2D eigenvalue weighted by atomic mass is 9.79. The zero-order chi connectivity index (χ0) is 70.4. The Hall–Kier alpha value is -9.64. The second-order valence-electron chi connectivity index (χ2n) is 30.8. The summed E-state index contributed by atoms with van der Waals surface area (Å²) in [6, 6.07) is 72.4. The lowest BCUT2D eigenvalue weighted by Crippen LogP contribution is -2.30. The highest BCUT2D eigenvalue weighted by Crippen LogP contribution is 2.55. The maximum Gasteiger partial charge on any atom is 0.212 e. The van der Waals surface area contributed by atoms with Crippen LogP contribution in [0.15, 0.2) is 219 Å². The summed E-state index contributed by atoms with van der Waals surface area (Å²) in [7, 11) is 8.48. The van der Waals surface area contributed by atoms with Gasteiger partial charge in [-0.2, -0.15) is 0 Å². The van der Waals surface area contributed by atoms with Gasteiger partial charge in [-0.05, 0) is 230 Å². The molecule has 0 N–H and O–H groups in total. The molecule has 0 saturated heterocycles. The molecule has 0 saturated carbocycles. The molecule has 0 aliphatic heterocycles. The van der Waals surface area contributed by atoms with Gasteiger partial charge in [-0.3, -0.25) is 0 Å². The van der Waals surface area contributed by atoms with Gasteiger partial charge in [0.15, 0.2) is 24.8 Å². The highest BCUT2D eigenvalue weighted by molar-refractivity contribution is 5.90. The summed E-state index contributed by atoms with van der Waals surface area (Å²) in [4.78, 5) is 0. The Morgan fingerprint density at radius 3 is 1.09 bits per heavy atom. The molecule has 4 aliphatic carbocycles. The molecule has 0 unspecified atom stereocenters. The Morgan fingerprint density at radius 1 is 0.270 bits per heavy atom. The van der Waals surface area contributed by atoms with Gasteiger partial charge in [0, 0.05) is 92.4 Å². The van der Waals surface area contributed by atoms with Crippen LogP contribution in [0.5, 0.6) is 0 Å². The lowest BCUT2D eigenvalue weighted by Gasteiger charge is -2.24. The standard InChI is InChI=1S/3C24H26N.C23H24N.CH4/c1-6-17-10-9-11-20-23(17)19-15-18(22-12-7-8-13-25(22)5)16(2)14-21(19)24(20,3)4;1-6-17-10-9-11-18-20-15-19(22-12-7-8-13-25(22)5)16(2)14-21(20)24(3,4)23(17)18;1-6-17-10-11-18-20-15-19(23-9-7-8-12-25(23)5)16(2)13-21(20)24(3,4)22(18)14-17;1-15-9-10-20-18(12-15)19-14-17(22-8-6-7-11-24(22)5)16(2)13-21(19)23(20,3)4;/h3*7-15H,6H2,1-5H3;6-14H,1-5H3;1H4/q4*+1;. The number of aromatic nitrogens is 4. The molecule has 12 aromatic rings. The average Bonchev–Trinajstić information content (AvgIpc) is 1.59. The summed E-state index contributed by atoms with van der Waals surface area (Å²) in [5.41, 5.74) is 44.7. The van der Waals surface area contributed by atoms with Crippen LogP contribution in [0.4, 0.5) is 0 Å². The van der Waals surface area contributed by atoms with Crippen LogP contribution < -0.4 is 18.3 Å². The van der Waals surface area contributed by atoms with Gasteiger partial charge in [-0.1, -0.05) is 186 Å². The lowest BCUT2D eigenvalue weighted by molar-refractivity contribution is -0.660. The summed E-state index contributed by atoms with van der Waals surface area (Å²) in [5, 5.41) is 0. The quantitative estimate of drug-likeness (QED) is 0.141. The Balaban J connectivity index is 0.000000126. The van der Waals surface area contributed by atoms with Crippen molar-refractivity contribution in [3.05, 3.63) is 308 Å². The van der Waals surface area contributed by atoms with Crippen LogP contribution in [-0.2, 0) is 69.1 Å². The molecule has 0 radical (unpaired) electrons. The molecule has 0 bridgehead atoms. The first-order valence-corrected chi connectivity index (χ1v) is 36.1. The van der Waals surface area contributed by atoms with E-state index in [1.54, 1.807) is 0 Å². The average molecular weight is 1320 g/mol. The smallest absolute Gasteiger partial charge is 0.201 e. The summed E-state index contributed by atoms with van der Waals surface area (Å²) in [6.45, 7) is 36.7. The second-order valence-corrected chi connectivity index (χ2v) is 30.8. The zero-order valence-electron chi connectivity index (χ0n) is 62.7. The van der Waals surface area contributed by atoms with Crippen LogP contribution in [-0.4, -0.2) is 0 Å². The number of benzene rings is 8. The number of rotatable bonds is 7. The zero-order valence-corrected chi connectivity index (χ0v) is 62.7. The highest BCUT2D eigenvalue weighted by atomic mass is 14.9. The third-order valence-electron chi connectivity index (χ3n) is 23.0. The molecule has 8 aromatic carbocycles. The number of hydrogen-bond donors (Lipinski definition) is 0. The van der Waals surface area contributed by atoms with E-state index in [2.05, 4.69) is 376 Å². The maximum absolute atomic E-state index is 2.42. The van der Waals surface area contributed by atoms with E-state index in [1.807, 2.05) is 0 Å². The van der Waals surface area contributed by atoms with Crippen molar-refractivity contribution in [1.82, 2.24) is 0 Å². The van der Waals surface area contributed by atoms with Crippen molar-refractivity contribution < 1.29 is 18.3 Å². The fourth-order valence-electron chi connectivity index (χ4n) is 17.2. The molecule has 4 heterocycles. The molecule has 4 nitrogen and oxygen atoms in total. The van der Waals surface area contributed by atoms with Crippen LogP contribution in [0.25, 0.3) is 89.5 Å². The number of nitrogens with zero attached hydrogens (tertiary/aromatic N) is 4. The van der Waals surface area contributed by atoms with E-state index in [1.165, 1.54) is 179 Å². The summed E-state index contributed by atoms with van der Waals surface area (Å²) >= 11 is 0. The molecule has 0 fully saturated rings. The topological polar surface area (TPSA) is 15.5 Å². The monoisotopic (exact) mass is 1310 g/mol. The Labute approximate surface area is 599 Å². The minimum atomic E-state index is 0. The minimum Gasteiger partial charge on any atom is -0.201 e. The molecule has 100 heavy (non-hydrogen) atoms. The molecule has 4 heteroatoms.